The second-order valence-corrected chi connectivity index (χ2v) is 14.3. The van der Waals surface area contributed by atoms with Crippen LogP contribution in [0.15, 0.2) is 30.3 Å². The summed E-state index contributed by atoms with van der Waals surface area (Å²) in [6.45, 7) is 14.5. The normalized spacial score (nSPS) is 16.6. The van der Waals surface area contributed by atoms with Crippen molar-refractivity contribution in [2.45, 2.75) is 155 Å². The highest BCUT2D eigenvalue weighted by Gasteiger charge is 2.56. The third-order valence-electron chi connectivity index (χ3n) is 7.55. The summed E-state index contributed by atoms with van der Waals surface area (Å²) in [6.07, 6.45) is 21.1. The summed E-state index contributed by atoms with van der Waals surface area (Å²) in [6, 6.07) is 12.1. The van der Waals surface area contributed by atoms with Crippen molar-refractivity contribution in [2.75, 3.05) is 0 Å². The Morgan fingerprint density at radius 1 is 0.484 bits per heavy atom. The van der Waals surface area contributed by atoms with E-state index in [0.29, 0.717) is 0 Å². The summed E-state index contributed by atoms with van der Waals surface area (Å²) >= 11 is 0. The zero-order valence-corrected chi connectivity index (χ0v) is 23.1. The van der Waals surface area contributed by atoms with Gasteiger partial charge in [0, 0.05) is 0 Å². The molecule has 0 bridgehead atoms. The quantitative estimate of drug-likeness (QED) is 0.185. The Bertz CT molecular complexity index is 477. The number of unbranched alkanes of at least 4 members (excludes halogenated alkanes) is 3. The second-order valence-electron chi connectivity index (χ2n) is 9.92. The molecule has 0 amide bonds. The third-order valence-corrected chi connectivity index (χ3v) is 13.9. The first-order chi connectivity index (χ1) is 15.2. The molecule has 0 aromatic heterocycles. The van der Waals surface area contributed by atoms with Crippen LogP contribution in [0.1, 0.15) is 138 Å². The Morgan fingerprint density at radius 3 is 1.13 bits per heavy atom. The molecule has 1 rings (SSSR count). The van der Waals surface area contributed by atoms with Gasteiger partial charge in [-0.25, -0.2) is 0 Å². The zero-order chi connectivity index (χ0) is 23.0. The second kappa shape index (κ2) is 17.2. The molecule has 0 aliphatic rings. The Balaban J connectivity index is 3.76. The summed E-state index contributed by atoms with van der Waals surface area (Å²) in [5.41, 5.74) is 2.80. The van der Waals surface area contributed by atoms with Gasteiger partial charge in [-0.05, 0) is 69.9 Å². The van der Waals surface area contributed by atoms with Crippen LogP contribution in [0.25, 0.3) is 0 Å². The average Bonchev–Trinajstić information content (AvgIpc) is 2.80. The first-order valence-electron chi connectivity index (χ1n) is 14.1. The number of benzene rings is 1. The van der Waals surface area contributed by atoms with Crippen LogP contribution in [0.5, 0.6) is 0 Å². The first kappa shape index (κ1) is 28.7. The predicted molar refractivity (Wildman–Crippen MR) is 148 cm³/mol. The average molecular weight is 448 g/mol. The predicted octanol–water partition coefficient (Wildman–Crippen LogP) is 10.4. The Kier molecular flexibility index (Phi) is 15.9. The van der Waals surface area contributed by atoms with Crippen LogP contribution in [0.2, 0.25) is 0 Å². The molecule has 0 aliphatic heterocycles. The molecule has 0 aliphatic carbocycles. The third kappa shape index (κ3) is 8.18. The topological polar surface area (TPSA) is 0 Å². The smallest absolute Gasteiger partial charge is 0.0654 e. The van der Waals surface area contributed by atoms with Crippen LogP contribution >= 0.6 is 7.26 Å². The van der Waals surface area contributed by atoms with E-state index in [-0.39, 0.29) is 0 Å². The summed E-state index contributed by atoms with van der Waals surface area (Å²) < 4.78 is 0. The molecule has 31 heavy (non-hydrogen) atoms. The van der Waals surface area contributed by atoms with Crippen molar-refractivity contribution in [3.05, 3.63) is 30.3 Å². The molecule has 1 aromatic rings. The first-order valence-corrected chi connectivity index (χ1v) is 16.1. The minimum Gasteiger partial charge on any atom is -0.0654 e. The molecule has 0 saturated heterocycles. The molecule has 3 unspecified atom stereocenters. The molecule has 1 aromatic carbocycles. The van der Waals surface area contributed by atoms with Gasteiger partial charge in [-0.2, -0.15) is 0 Å². The highest BCUT2D eigenvalue weighted by molar-refractivity contribution is 7.84. The lowest BCUT2D eigenvalue weighted by molar-refractivity contribution is 0.558. The molecule has 0 N–H and O–H groups in total. The molecule has 180 valence electrons. The number of rotatable bonds is 19. The maximum Gasteiger partial charge on any atom is 0.0948 e. The van der Waals surface area contributed by atoms with Gasteiger partial charge in [-0.1, -0.05) is 98.3 Å². The van der Waals surface area contributed by atoms with Gasteiger partial charge in [-0.3, -0.25) is 0 Å². The van der Waals surface area contributed by atoms with Gasteiger partial charge >= 0.3 is 0 Å². The SMILES string of the molecule is CCCCC(CCC)[P+](c1ccccc1)(C(CCC)CCCC)C(CCC)CCCC. The van der Waals surface area contributed by atoms with Gasteiger partial charge < -0.3 is 0 Å². The fourth-order valence-corrected chi connectivity index (χ4v) is 13.9. The maximum absolute atomic E-state index is 2.57. The Labute approximate surface area is 197 Å². The molecular weight excluding hydrogens is 391 g/mol. The standard InChI is InChI=1S/C30H56P/c1-7-13-22-27(19-10-4)31(30-25-17-16-18-26-30,28(20-11-5)23-14-8-2)29(21-12-6)24-15-9-3/h16-18,25-29H,7-15,19-24H2,1-6H3/q+1. The molecule has 3 atom stereocenters. The molecule has 0 nitrogen and oxygen atoms in total. The van der Waals surface area contributed by atoms with E-state index in [2.05, 4.69) is 71.9 Å². The number of hydrogen-bond acceptors (Lipinski definition) is 0. The largest absolute Gasteiger partial charge is 0.0948 e. The maximum atomic E-state index is 2.57. The molecule has 0 spiro atoms. The van der Waals surface area contributed by atoms with E-state index in [1.165, 1.54) is 96.3 Å². The zero-order valence-electron chi connectivity index (χ0n) is 22.2. The summed E-state index contributed by atoms with van der Waals surface area (Å²) in [4.78, 5) is 0. The van der Waals surface area contributed by atoms with Gasteiger partial charge in [0.1, 0.15) is 0 Å². The van der Waals surface area contributed by atoms with Crippen molar-refractivity contribution in [1.82, 2.24) is 0 Å². The van der Waals surface area contributed by atoms with Crippen molar-refractivity contribution >= 4 is 12.6 Å². The van der Waals surface area contributed by atoms with E-state index in [4.69, 9.17) is 0 Å². The van der Waals surface area contributed by atoms with Crippen LogP contribution in [-0.4, -0.2) is 17.0 Å². The molecule has 0 heterocycles. The minimum atomic E-state index is -1.32. The van der Waals surface area contributed by atoms with Crippen LogP contribution in [0.3, 0.4) is 0 Å². The minimum absolute atomic E-state index is 0.932. The molecule has 1 heteroatoms. The van der Waals surface area contributed by atoms with E-state index in [0.717, 1.165) is 17.0 Å². The fourth-order valence-electron chi connectivity index (χ4n) is 6.25. The Morgan fingerprint density at radius 2 is 0.839 bits per heavy atom. The van der Waals surface area contributed by atoms with Gasteiger partial charge in [0.15, 0.2) is 0 Å². The van der Waals surface area contributed by atoms with E-state index in [1.807, 2.05) is 0 Å². The van der Waals surface area contributed by atoms with Gasteiger partial charge in [0.25, 0.3) is 0 Å². The number of hydrogen-bond donors (Lipinski definition) is 0. The van der Waals surface area contributed by atoms with Crippen LogP contribution < -0.4 is 5.30 Å². The fraction of sp³-hybridized carbons (Fsp3) is 0.800. The molecule has 0 saturated carbocycles. The van der Waals surface area contributed by atoms with Crippen LogP contribution in [-0.2, 0) is 0 Å². The summed E-state index contributed by atoms with van der Waals surface area (Å²) in [5, 5.41) is 1.80. The van der Waals surface area contributed by atoms with Crippen LogP contribution in [0, 0.1) is 0 Å². The van der Waals surface area contributed by atoms with E-state index in [1.54, 1.807) is 5.30 Å². The van der Waals surface area contributed by atoms with Crippen molar-refractivity contribution in [2.24, 2.45) is 0 Å². The van der Waals surface area contributed by atoms with Gasteiger partial charge in [0.2, 0.25) is 0 Å². The lowest BCUT2D eigenvalue weighted by Crippen LogP contribution is -2.39. The summed E-state index contributed by atoms with van der Waals surface area (Å²) in [5.74, 6) is 0. The summed E-state index contributed by atoms with van der Waals surface area (Å²) in [7, 11) is -1.32. The van der Waals surface area contributed by atoms with Gasteiger partial charge in [0.05, 0.1) is 29.5 Å². The molecule has 0 radical (unpaired) electrons. The molecule has 0 fully saturated rings. The monoisotopic (exact) mass is 447 g/mol. The van der Waals surface area contributed by atoms with Gasteiger partial charge in [-0.15, -0.1) is 0 Å². The van der Waals surface area contributed by atoms with Crippen molar-refractivity contribution in [3.8, 4) is 0 Å². The van der Waals surface area contributed by atoms with E-state index >= 15 is 0 Å². The van der Waals surface area contributed by atoms with Crippen molar-refractivity contribution < 1.29 is 0 Å². The lowest BCUT2D eigenvalue weighted by Gasteiger charge is -2.46. The van der Waals surface area contributed by atoms with Crippen molar-refractivity contribution in [1.29, 1.82) is 0 Å². The van der Waals surface area contributed by atoms with Crippen molar-refractivity contribution in [3.63, 3.8) is 0 Å². The molecular formula is C30H56P+. The highest BCUT2D eigenvalue weighted by Crippen LogP contribution is 2.74. The Hall–Kier alpha value is -0.350. The highest BCUT2D eigenvalue weighted by atomic mass is 31.2. The van der Waals surface area contributed by atoms with Crippen LogP contribution in [0.4, 0.5) is 0 Å². The van der Waals surface area contributed by atoms with E-state index in [9.17, 15) is 0 Å². The lowest BCUT2D eigenvalue weighted by atomic mass is 10.1. The van der Waals surface area contributed by atoms with E-state index < -0.39 is 7.26 Å².